The number of benzene rings is 2. The fourth-order valence-corrected chi connectivity index (χ4v) is 4.71. The Morgan fingerprint density at radius 1 is 1.31 bits per heavy atom. The lowest BCUT2D eigenvalue weighted by molar-refractivity contribution is 0.0702. The molecular formula is C17H9BrClN3O2S2. The standard InChI is InChI=1S/C17H9BrClN3O2S2/c18-9-3-1-2-8(6-9)15-20-21-17(25)22(15)10-4-5-11-12(7-10)26-14(13(11)19)16(23)24/h1-7H,(H,21,25)(H,23,24). The van der Waals surface area contributed by atoms with E-state index < -0.39 is 5.97 Å². The van der Waals surface area contributed by atoms with Crippen LogP contribution in [0.2, 0.25) is 5.02 Å². The molecule has 0 spiro atoms. The highest BCUT2D eigenvalue weighted by molar-refractivity contribution is 9.10. The molecule has 0 unspecified atom stereocenters. The van der Waals surface area contributed by atoms with Crippen LogP contribution in [0.5, 0.6) is 0 Å². The minimum Gasteiger partial charge on any atom is -0.477 e. The van der Waals surface area contributed by atoms with Crippen molar-refractivity contribution in [3.05, 3.63) is 61.6 Å². The number of nitrogens with zero attached hydrogens (tertiary/aromatic N) is 2. The van der Waals surface area contributed by atoms with E-state index in [9.17, 15) is 9.90 Å². The highest BCUT2D eigenvalue weighted by Crippen LogP contribution is 2.37. The lowest BCUT2D eigenvalue weighted by atomic mass is 10.2. The molecule has 0 fully saturated rings. The van der Waals surface area contributed by atoms with Crippen LogP contribution in [-0.2, 0) is 0 Å². The topological polar surface area (TPSA) is 70.9 Å². The molecule has 9 heteroatoms. The van der Waals surface area contributed by atoms with E-state index in [0.717, 1.165) is 31.8 Å². The summed E-state index contributed by atoms with van der Waals surface area (Å²) < 4.78 is 3.96. The summed E-state index contributed by atoms with van der Waals surface area (Å²) in [4.78, 5) is 11.4. The molecule has 2 N–H and O–H groups in total. The van der Waals surface area contributed by atoms with Gasteiger partial charge in [-0.25, -0.2) is 4.79 Å². The molecule has 26 heavy (non-hydrogen) atoms. The number of hydrogen-bond donors (Lipinski definition) is 2. The number of aromatic amines is 1. The fraction of sp³-hybridized carbons (Fsp3) is 0. The number of carboxylic acid groups (broad SMARTS) is 1. The number of rotatable bonds is 3. The van der Waals surface area contributed by atoms with Crippen molar-refractivity contribution in [1.29, 1.82) is 0 Å². The summed E-state index contributed by atoms with van der Waals surface area (Å²) in [7, 11) is 0. The second-order valence-electron chi connectivity index (χ2n) is 5.43. The second kappa shape index (κ2) is 6.62. The van der Waals surface area contributed by atoms with Crippen LogP contribution >= 0.6 is 51.1 Å². The Kier molecular flexibility index (Phi) is 4.44. The van der Waals surface area contributed by atoms with Crippen molar-refractivity contribution in [3.63, 3.8) is 0 Å². The number of fused-ring (bicyclic) bond motifs is 1. The molecule has 0 bridgehead atoms. The number of aromatic carboxylic acids is 1. The van der Waals surface area contributed by atoms with Crippen LogP contribution in [0.3, 0.4) is 0 Å². The molecule has 0 amide bonds. The van der Waals surface area contributed by atoms with Crippen molar-refractivity contribution in [3.8, 4) is 17.1 Å². The molecule has 2 heterocycles. The second-order valence-corrected chi connectivity index (χ2v) is 8.16. The van der Waals surface area contributed by atoms with Crippen LogP contribution in [0.15, 0.2) is 46.9 Å². The van der Waals surface area contributed by atoms with Crippen LogP contribution in [0.4, 0.5) is 0 Å². The third-order valence-corrected chi connectivity index (χ3v) is 6.23. The zero-order valence-corrected chi connectivity index (χ0v) is 16.8. The van der Waals surface area contributed by atoms with Gasteiger partial charge in [0.1, 0.15) is 4.88 Å². The number of carbonyl (C=O) groups is 1. The van der Waals surface area contributed by atoms with E-state index in [1.165, 1.54) is 0 Å². The minimum absolute atomic E-state index is 0.127. The van der Waals surface area contributed by atoms with Crippen LogP contribution in [-0.4, -0.2) is 25.8 Å². The number of aromatic nitrogens is 3. The predicted octanol–water partition coefficient (Wildman–Crippen LogP) is 5.93. The number of carboxylic acids is 1. The van der Waals surface area contributed by atoms with E-state index in [0.29, 0.717) is 16.0 Å². The minimum atomic E-state index is -1.03. The molecule has 4 rings (SSSR count). The van der Waals surface area contributed by atoms with E-state index in [-0.39, 0.29) is 9.90 Å². The number of halogens is 2. The Hall–Kier alpha value is -2.00. The summed E-state index contributed by atoms with van der Waals surface area (Å²) >= 11 is 16.2. The van der Waals surface area contributed by atoms with Crippen molar-refractivity contribution in [2.75, 3.05) is 0 Å². The highest BCUT2D eigenvalue weighted by atomic mass is 79.9. The summed E-state index contributed by atoms with van der Waals surface area (Å²) in [5.74, 6) is -0.371. The van der Waals surface area contributed by atoms with Gasteiger partial charge in [0, 0.05) is 20.1 Å². The zero-order valence-electron chi connectivity index (χ0n) is 12.9. The molecule has 0 aliphatic carbocycles. The van der Waals surface area contributed by atoms with Gasteiger partial charge < -0.3 is 5.11 Å². The van der Waals surface area contributed by atoms with Crippen molar-refractivity contribution in [1.82, 2.24) is 14.8 Å². The fourth-order valence-electron chi connectivity index (χ4n) is 2.69. The van der Waals surface area contributed by atoms with Crippen molar-refractivity contribution in [2.24, 2.45) is 0 Å². The summed E-state index contributed by atoms with van der Waals surface area (Å²) in [6, 6.07) is 13.3. The summed E-state index contributed by atoms with van der Waals surface area (Å²) in [5.41, 5.74) is 1.67. The van der Waals surface area contributed by atoms with E-state index in [4.69, 9.17) is 23.8 Å². The monoisotopic (exact) mass is 465 g/mol. The van der Waals surface area contributed by atoms with E-state index in [2.05, 4.69) is 26.1 Å². The van der Waals surface area contributed by atoms with Gasteiger partial charge >= 0.3 is 5.97 Å². The Balaban J connectivity index is 1.92. The van der Waals surface area contributed by atoms with Gasteiger partial charge in [-0.2, -0.15) is 5.10 Å². The third kappa shape index (κ3) is 2.88. The van der Waals surface area contributed by atoms with Gasteiger partial charge in [0.05, 0.1) is 10.7 Å². The van der Waals surface area contributed by atoms with Gasteiger partial charge in [0.15, 0.2) is 10.6 Å². The largest absolute Gasteiger partial charge is 0.477 e. The number of nitrogens with one attached hydrogen (secondary N) is 1. The summed E-state index contributed by atoms with van der Waals surface area (Å²) in [6.45, 7) is 0. The van der Waals surface area contributed by atoms with Crippen molar-refractivity contribution < 1.29 is 9.90 Å². The first-order valence-corrected chi connectivity index (χ1v) is 9.74. The van der Waals surface area contributed by atoms with Crippen molar-refractivity contribution in [2.45, 2.75) is 0 Å². The lowest BCUT2D eigenvalue weighted by Crippen LogP contribution is -1.97. The molecule has 0 atom stereocenters. The average Bonchev–Trinajstić information content (AvgIpc) is 3.15. The average molecular weight is 467 g/mol. The molecule has 130 valence electrons. The maximum atomic E-state index is 11.3. The smallest absolute Gasteiger partial charge is 0.347 e. The van der Waals surface area contributed by atoms with E-state index in [1.807, 2.05) is 41.0 Å². The first-order chi connectivity index (χ1) is 12.5. The van der Waals surface area contributed by atoms with E-state index in [1.54, 1.807) is 6.07 Å². The Morgan fingerprint density at radius 3 is 2.85 bits per heavy atom. The molecule has 0 aliphatic rings. The maximum absolute atomic E-state index is 11.3. The molecule has 0 saturated carbocycles. The predicted molar refractivity (Wildman–Crippen MR) is 109 cm³/mol. The number of thiophene rings is 1. The van der Waals surface area contributed by atoms with Crippen LogP contribution in [0, 0.1) is 4.77 Å². The Morgan fingerprint density at radius 2 is 2.12 bits per heavy atom. The molecule has 5 nitrogen and oxygen atoms in total. The Labute approximate surface area is 170 Å². The normalized spacial score (nSPS) is 11.2. The molecule has 0 radical (unpaired) electrons. The van der Waals surface area contributed by atoms with Crippen LogP contribution < -0.4 is 0 Å². The first kappa shape index (κ1) is 17.4. The number of hydrogen-bond acceptors (Lipinski definition) is 4. The number of H-pyrrole nitrogens is 1. The summed E-state index contributed by atoms with van der Waals surface area (Å²) in [6.07, 6.45) is 0. The van der Waals surface area contributed by atoms with Crippen LogP contribution in [0.1, 0.15) is 9.67 Å². The molecule has 0 saturated heterocycles. The zero-order chi connectivity index (χ0) is 18.4. The third-order valence-electron chi connectivity index (χ3n) is 3.82. The molecule has 2 aromatic carbocycles. The van der Waals surface area contributed by atoms with Gasteiger partial charge in [-0.3, -0.25) is 9.67 Å². The highest BCUT2D eigenvalue weighted by Gasteiger charge is 2.18. The van der Waals surface area contributed by atoms with Gasteiger partial charge in [-0.1, -0.05) is 39.7 Å². The molecule has 0 aliphatic heterocycles. The van der Waals surface area contributed by atoms with Crippen LogP contribution in [0.25, 0.3) is 27.2 Å². The van der Waals surface area contributed by atoms with Crippen molar-refractivity contribution >= 4 is 67.1 Å². The Bertz CT molecular complexity index is 1230. The van der Waals surface area contributed by atoms with E-state index >= 15 is 0 Å². The van der Waals surface area contributed by atoms with Gasteiger partial charge in [-0.15, -0.1) is 11.3 Å². The van der Waals surface area contributed by atoms with Gasteiger partial charge in [-0.05, 0) is 42.5 Å². The molecular weight excluding hydrogens is 458 g/mol. The molecule has 4 aromatic rings. The lowest BCUT2D eigenvalue weighted by Gasteiger charge is -2.07. The summed E-state index contributed by atoms with van der Waals surface area (Å²) in [5, 5.41) is 17.4. The maximum Gasteiger partial charge on any atom is 0.347 e. The quantitative estimate of drug-likeness (QED) is 0.367. The van der Waals surface area contributed by atoms with Gasteiger partial charge in [0.25, 0.3) is 0 Å². The van der Waals surface area contributed by atoms with Gasteiger partial charge in [0.2, 0.25) is 0 Å². The SMILES string of the molecule is O=C(O)c1sc2cc(-n3c(-c4cccc(Br)c4)n[nH]c3=S)ccc2c1Cl. The first-order valence-electron chi connectivity index (χ1n) is 7.35. The molecule has 2 aromatic heterocycles.